The highest BCUT2D eigenvalue weighted by atomic mass is 15.9. The van der Waals surface area contributed by atoms with Gasteiger partial charge in [-0.1, -0.05) is 6.92 Å². The molecule has 0 aliphatic rings. The molecule has 0 aromatic rings. The summed E-state index contributed by atoms with van der Waals surface area (Å²) in [5.41, 5.74) is 0. The van der Waals surface area contributed by atoms with Crippen LogP contribution in [0.4, 0.5) is 0 Å². The van der Waals surface area contributed by atoms with Gasteiger partial charge in [-0.25, -0.2) is 0 Å². The summed E-state index contributed by atoms with van der Waals surface area (Å²) in [4.78, 5) is -0.420. The van der Waals surface area contributed by atoms with Crippen LogP contribution in [0.5, 0.6) is 0 Å². The Bertz CT molecular complexity index is 64.9. The molecule has 4 nitrogen and oxygen atoms in total. The molecule has 8 heavy (non-hydrogen) atoms. The Labute approximate surface area is 49.7 Å². The highest BCUT2D eigenvalue weighted by Crippen LogP contribution is 1.95. The minimum Gasteiger partial charge on any atom is -0.141 e. The Morgan fingerprint density at radius 3 is 1.75 bits per heavy atom. The van der Waals surface area contributed by atoms with Crippen molar-refractivity contribution in [3.8, 4) is 0 Å². The molecule has 0 aromatic carbocycles. The van der Waals surface area contributed by atoms with E-state index in [1.54, 1.807) is 0 Å². The van der Waals surface area contributed by atoms with Crippen molar-refractivity contribution in [3.63, 3.8) is 0 Å². The van der Waals surface area contributed by atoms with Crippen LogP contribution in [0.3, 0.4) is 0 Å². The molecule has 0 rings (SSSR count). The van der Waals surface area contributed by atoms with Gasteiger partial charge in [-0.2, -0.15) is 0 Å². The molecule has 0 bridgehead atoms. The Balaban J connectivity index is 3.62. The van der Waals surface area contributed by atoms with E-state index in [1.807, 2.05) is 13.8 Å². The van der Waals surface area contributed by atoms with Gasteiger partial charge in [0.2, 0.25) is 0 Å². The monoisotopic (exact) mass is 119 g/mol. The smallest absolute Gasteiger partial charge is 0.141 e. The number of rotatable bonds is 2. The molecule has 1 atom stereocenters. The highest BCUT2D eigenvalue weighted by Gasteiger charge is 2.18. The molecular formula is C4H15N4+. The fourth-order valence-electron chi connectivity index (χ4n) is 0.316. The second kappa shape index (κ2) is 2.41. The van der Waals surface area contributed by atoms with Crippen molar-refractivity contribution in [2.75, 3.05) is 0 Å². The molecule has 0 aliphatic carbocycles. The molecule has 0 radical (unpaired) electrons. The maximum absolute atomic E-state index is 5.28. The van der Waals surface area contributed by atoms with Gasteiger partial charge in [-0.05, 0) is 6.92 Å². The van der Waals surface area contributed by atoms with Gasteiger partial charge in [0.05, 0.1) is 0 Å². The van der Waals surface area contributed by atoms with E-state index >= 15 is 0 Å². The maximum Gasteiger partial charge on any atom is 0.141 e. The third kappa shape index (κ3) is 2.23. The van der Waals surface area contributed by atoms with Gasteiger partial charge in [-0.15, -0.1) is 22.3 Å². The Kier molecular flexibility index (Phi) is 2.36. The van der Waals surface area contributed by atoms with Crippen molar-refractivity contribution >= 4 is 0 Å². The van der Waals surface area contributed by atoms with Crippen LogP contribution < -0.4 is 17.5 Å². The molecule has 6 N–H and O–H groups in total. The van der Waals surface area contributed by atoms with Crippen molar-refractivity contribution in [1.82, 2.24) is 0 Å². The summed E-state index contributed by atoms with van der Waals surface area (Å²) in [6, 6.07) is 0.120. The summed E-state index contributed by atoms with van der Waals surface area (Å²) in [7, 11) is 0. The zero-order valence-electron chi connectivity index (χ0n) is 5.46. The SMILES string of the molecule is CC[C@@H](C)[N+](N)(N)N. The molecular weight excluding hydrogens is 104 g/mol. The number of nitrogens with zero attached hydrogens (tertiary/aromatic N) is 1. The van der Waals surface area contributed by atoms with E-state index in [-0.39, 0.29) is 6.04 Å². The first kappa shape index (κ1) is 7.84. The lowest BCUT2D eigenvalue weighted by Gasteiger charge is -2.25. The van der Waals surface area contributed by atoms with Crippen LogP contribution in [0.25, 0.3) is 0 Å². The normalized spacial score (nSPS) is 16.1. The van der Waals surface area contributed by atoms with Gasteiger partial charge in [0, 0.05) is 6.42 Å². The summed E-state index contributed by atoms with van der Waals surface area (Å²) in [5, 5.41) is 0. The summed E-state index contributed by atoms with van der Waals surface area (Å²) < 4.78 is 0. The third-order valence-electron chi connectivity index (χ3n) is 1.35. The molecule has 0 fully saturated rings. The first-order valence-electron chi connectivity index (χ1n) is 2.73. The topological polar surface area (TPSA) is 78.1 Å². The summed E-state index contributed by atoms with van der Waals surface area (Å²) in [6.07, 6.45) is 0.892. The fraction of sp³-hybridized carbons (Fsp3) is 1.00. The van der Waals surface area contributed by atoms with Crippen LogP contribution in [-0.4, -0.2) is 10.9 Å². The van der Waals surface area contributed by atoms with Gasteiger partial charge in [0.25, 0.3) is 0 Å². The van der Waals surface area contributed by atoms with Crippen molar-refractivity contribution in [3.05, 3.63) is 0 Å². The number of hydrogen-bond acceptors (Lipinski definition) is 3. The third-order valence-corrected chi connectivity index (χ3v) is 1.35. The zero-order valence-corrected chi connectivity index (χ0v) is 5.46. The van der Waals surface area contributed by atoms with E-state index in [9.17, 15) is 0 Å². The van der Waals surface area contributed by atoms with Crippen LogP contribution in [0.1, 0.15) is 20.3 Å². The van der Waals surface area contributed by atoms with Crippen molar-refractivity contribution in [2.45, 2.75) is 26.3 Å². The van der Waals surface area contributed by atoms with E-state index in [0.29, 0.717) is 0 Å². The maximum atomic E-state index is 5.28. The molecule has 50 valence electrons. The molecule has 0 unspecified atom stereocenters. The summed E-state index contributed by atoms with van der Waals surface area (Å²) in [6.45, 7) is 3.89. The summed E-state index contributed by atoms with van der Waals surface area (Å²) >= 11 is 0. The van der Waals surface area contributed by atoms with Gasteiger partial charge < -0.3 is 0 Å². The Hall–Kier alpha value is -0.160. The average Bonchev–Trinajstić information content (AvgIpc) is 1.62. The quantitative estimate of drug-likeness (QED) is 0.253. The van der Waals surface area contributed by atoms with Gasteiger partial charge in [0.1, 0.15) is 6.04 Å². The standard InChI is InChI=1S/C4H15N4/c1-3-4(2)8(5,6)7/h4H,3,5-7H2,1-2H3/q+1/t4-/m1/s1. The molecule has 0 spiro atoms. The second-order valence-electron chi connectivity index (χ2n) is 2.15. The molecule has 0 amide bonds. The lowest BCUT2D eigenvalue weighted by atomic mass is 10.3. The summed E-state index contributed by atoms with van der Waals surface area (Å²) in [5.74, 6) is 15.8. The number of quaternary nitrogens is 1. The lowest BCUT2D eigenvalue weighted by Crippen LogP contribution is -2.70. The Morgan fingerprint density at radius 1 is 1.38 bits per heavy atom. The lowest BCUT2D eigenvalue weighted by molar-refractivity contribution is -0.984. The van der Waals surface area contributed by atoms with Crippen molar-refractivity contribution in [1.29, 1.82) is 0 Å². The minimum atomic E-state index is -0.420. The molecule has 0 saturated carbocycles. The van der Waals surface area contributed by atoms with E-state index in [2.05, 4.69) is 0 Å². The van der Waals surface area contributed by atoms with Gasteiger partial charge in [0.15, 0.2) is 0 Å². The predicted octanol–water partition coefficient (Wildman–Crippen LogP) is -0.777. The van der Waals surface area contributed by atoms with Gasteiger partial charge in [-0.3, -0.25) is 0 Å². The molecule has 0 heterocycles. The van der Waals surface area contributed by atoms with Crippen LogP contribution in [0, 0.1) is 0 Å². The van der Waals surface area contributed by atoms with Crippen LogP contribution in [0.2, 0.25) is 0 Å². The molecule has 0 saturated heterocycles. The Morgan fingerprint density at radius 2 is 1.75 bits per heavy atom. The largest absolute Gasteiger partial charge is 0.141 e. The molecule has 0 aliphatic heterocycles. The predicted molar refractivity (Wildman–Crippen MR) is 32.6 cm³/mol. The van der Waals surface area contributed by atoms with E-state index in [0.717, 1.165) is 6.42 Å². The first-order chi connectivity index (χ1) is 3.48. The molecule has 0 aromatic heterocycles. The van der Waals surface area contributed by atoms with Gasteiger partial charge >= 0.3 is 0 Å². The van der Waals surface area contributed by atoms with Crippen LogP contribution in [0.15, 0.2) is 0 Å². The zero-order chi connectivity index (χ0) is 6.78. The average molecular weight is 119 g/mol. The first-order valence-corrected chi connectivity index (χ1v) is 2.73. The molecule has 4 heteroatoms. The number of nitrogens with two attached hydrogens (primary N) is 3. The second-order valence-corrected chi connectivity index (χ2v) is 2.15. The van der Waals surface area contributed by atoms with E-state index in [1.165, 1.54) is 0 Å². The number of hydrogen-bond donors (Lipinski definition) is 3. The van der Waals surface area contributed by atoms with Crippen molar-refractivity contribution < 1.29 is 4.81 Å². The van der Waals surface area contributed by atoms with E-state index in [4.69, 9.17) is 17.5 Å². The van der Waals surface area contributed by atoms with E-state index < -0.39 is 4.81 Å². The van der Waals surface area contributed by atoms with Crippen molar-refractivity contribution in [2.24, 2.45) is 17.5 Å². The highest BCUT2D eigenvalue weighted by molar-refractivity contribution is 4.38. The van der Waals surface area contributed by atoms with Crippen LogP contribution in [-0.2, 0) is 0 Å². The van der Waals surface area contributed by atoms with Crippen LogP contribution >= 0.6 is 0 Å². The fourth-order valence-corrected chi connectivity index (χ4v) is 0.316. The minimum absolute atomic E-state index is 0.120.